The second kappa shape index (κ2) is 9.30. The van der Waals surface area contributed by atoms with Gasteiger partial charge in [-0.2, -0.15) is 0 Å². The molecule has 0 bridgehead atoms. The first-order chi connectivity index (χ1) is 11.3. The number of ether oxygens (including phenoxy) is 2. The molecule has 128 valence electrons. The summed E-state index contributed by atoms with van der Waals surface area (Å²) in [5.41, 5.74) is 1.52. The van der Waals surface area contributed by atoms with E-state index < -0.39 is 0 Å². The largest absolute Gasteiger partial charge is 0.490 e. The number of hydrogen-bond donors (Lipinski definition) is 1. The highest BCUT2D eigenvalue weighted by Crippen LogP contribution is 2.18. The summed E-state index contributed by atoms with van der Waals surface area (Å²) in [5.74, 6) is 0.485. The standard InChI is InChI=1S/C19H21NO3.ClH/c21-19(22-14-15-4-2-1-3-5-15)16-6-8-17(9-7-16)23-18-10-12-20-13-11-18;/h1-9,18,20H,10-14H2;1H. The minimum absolute atomic E-state index is 0. The monoisotopic (exact) mass is 347 g/mol. The van der Waals surface area contributed by atoms with Crippen LogP contribution in [0.1, 0.15) is 28.8 Å². The second-order valence-electron chi connectivity index (χ2n) is 5.65. The van der Waals surface area contributed by atoms with Gasteiger partial charge in [0, 0.05) is 0 Å². The number of nitrogens with one attached hydrogen (secondary N) is 1. The van der Waals surface area contributed by atoms with Crippen LogP contribution in [-0.4, -0.2) is 25.2 Å². The molecule has 1 N–H and O–H groups in total. The van der Waals surface area contributed by atoms with Gasteiger partial charge in [0.1, 0.15) is 18.5 Å². The molecule has 0 spiro atoms. The summed E-state index contributed by atoms with van der Waals surface area (Å²) < 4.78 is 11.2. The summed E-state index contributed by atoms with van der Waals surface area (Å²) in [4.78, 5) is 12.0. The Kier molecular flexibility index (Phi) is 7.09. The molecule has 0 atom stereocenters. The van der Waals surface area contributed by atoms with Gasteiger partial charge < -0.3 is 14.8 Å². The lowest BCUT2D eigenvalue weighted by Crippen LogP contribution is -2.34. The third kappa shape index (κ3) is 5.25. The first-order valence-corrected chi connectivity index (χ1v) is 8.00. The van der Waals surface area contributed by atoms with Gasteiger partial charge in [-0.25, -0.2) is 4.79 Å². The Morgan fingerprint density at radius 1 is 1.00 bits per heavy atom. The summed E-state index contributed by atoms with van der Waals surface area (Å²) in [5, 5.41) is 3.31. The molecular formula is C19H22ClNO3. The van der Waals surface area contributed by atoms with E-state index in [1.165, 1.54) is 0 Å². The van der Waals surface area contributed by atoms with E-state index in [1.54, 1.807) is 12.1 Å². The van der Waals surface area contributed by atoms with Gasteiger partial charge in [-0.05, 0) is 55.8 Å². The molecule has 0 aliphatic carbocycles. The Hall–Kier alpha value is -2.04. The number of benzene rings is 2. The zero-order chi connectivity index (χ0) is 15.9. The fourth-order valence-corrected chi connectivity index (χ4v) is 2.58. The maximum atomic E-state index is 12.0. The third-order valence-corrected chi connectivity index (χ3v) is 3.89. The maximum Gasteiger partial charge on any atom is 0.338 e. The lowest BCUT2D eigenvalue weighted by Gasteiger charge is -2.23. The minimum Gasteiger partial charge on any atom is -0.490 e. The molecule has 0 unspecified atom stereocenters. The molecule has 1 heterocycles. The third-order valence-electron chi connectivity index (χ3n) is 3.89. The number of piperidine rings is 1. The van der Waals surface area contributed by atoms with E-state index >= 15 is 0 Å². The van der Waals surface area contributed by atoms with Crippen LogP contribution in [0.3, 0.4) is 0 Å². The number of esters is 1. The fraction of sp³-hybridized carbons (Fsp3) is 0.316. The fourth-order valence-electron chi connectivity index (χ4n) is 2.58. The van der Waals surface area contributed by atoms with Crippen LogP contribution in [0, 0.1) is 0 Å². The van der Waals surface area contributed by atoms with Gasteiger partial charge in [0.2, 0.25) is 0 Å². The highest BCUT2D eigenvalue weighted by molar-refractivity contribution is 5.89. The molecule has 2 aromatic rings. The minimum atomic E-state index is -0.317. The van der Waals surface area contributed by atoms with Gasteiger partial charge in [0.25, 0.3) is 0 Å². The molecule has 0 aromatic heterocycles. The topological polar surface area (TPSA) is 47.6 Å². The van der Waals surface area contributed by atoms with Crippen molar-refractivity contribution < 1.29 is 14.3 Å². The van der Waals surface area contributed by atoms with E-state index in [-0.39, 0.29) is 31.1 Å². The Balaban J connectivity index is 0.00000208. The highest BCUT2D eigenvalue weighted by atomic mass is 35.5. The van der Waals surface area contributed by atoms with Crippen LogP contribution in [0.5, 0.6) is 5.75 Å². The molecule has 1 saturated heterocycles. The average molecular weight is 348 g/mol. The van der Waals surface area contributed by atoms with E-state index in [2.05, 4.69) is 5.32 Å². The first kappa shape index (κ1) is 18.3. The van der Waals surface area contributed by atoms with Crippen LogP contribution in [0.4, 0.5) is 0 Å². The number of rotatable bonds is 5. The van der Waals surface area contributed by atoms with Gasteiger partial charge >= 0.3 is 5.97 Å². The Morgan fingerprint density at radius 2 is 1.67 bits per heavy atom. The van der Waals surface area contributed by atoms with Crippen molar-refractivity contribution in [2.24, 2.45) is 0 Å². The number of carbonyl (C=O) groups is 1. The van der Waals surface area contributed by atoms with E-state index in [4.69, 9.17) is 9.47 Å². The van der Waals surface area contributed by atoms with Crippen molar-refractivity contribution in [2.45, 2.75) is 25.6 Å². The zero-order valence-electron chi connectivity index (χ0n) is 13.4. The molecule has 1 aliphatic rings. The van der Waals surface area contributed by atoms with Gasteiger partial charge in [0.15, 0.2) is 0 Å². The van der Waals surface area contributed by atoms with Gasteiger partial charge in [-0.15, -0.1) is 12.4 Å². The molecule has 0 radical (unpaired) electrons. The lowest BCUT2D eigenvalue weighted by molar-refractivity contribution is 0.0472. The van der Waals surface area contributed by atoms with Crippen molar-refractivity contribution >= 4 is 18.4 Å². The molecule has 1 aliphatic heterocycles. The van der Waals surface area contributed by atoms with Crippen molar-refractivity contribution in [3.05, 3.63) is 65.7 Å². The molecule has 3 rings (SSSR count). The van der Waals surface area contributed by atoms with Crippen LogP contribution in [0.15, 0.2) is 54.6 Å². The van der Waals surface area contributed by atoms with Crippen molar-refractivity contribution in [3.63, 3.8) is 0 Å². The molecule has 2 aromatic carbocycles. The van der Waals surface area contributed by atoms with Crippen molar-refractivity contribution in [1.29, 1.82) is 0 Å². The molecule has 0 amide bonds. The number of hydrogen-bond acceptors (Lipinski definition) is 4. The SMILES string of the molecule is Cl.O=C(OCc1ccccc1)c1ccc(OC2CCNCC2)cc1. The van der Waals surface area contributed by atoms with Crippen LogP contribution >= 0.6 is 12.4 Å². The number of carbonyl (C=O) groups excluding carboxylic acids is 1. The highest BCUT2D eigenvalue weighted by Gasteiger charge is 2.15. The van der Waals surface area contributed by atoms with Gasteiger partial charge in [0.05, 0.1) is 5.56 Å². The van der Waals surface area contributed by atoms with Crippen LogP contribution < -0.4 is 10.1 Å². The maximum absolute atomic E-state index is 12.0. The molecule has 4 nitrogen and oxygen atoms in total. The summed E-state index contributed by atoms with van der Waals surface area (Å²) in [6.07, 6.45) is 2.29. The van der Waals surface area contributed by atoms with Crippen LogP contribution in [0.2, 0.25) is 0 Å². The van der Waals surface area contributed by atoms with E-state index in [9.17, 15) is 4.79 Å². The van der Waals surface area contributed by atoms with E-state index in [0.29, 0.717) is 5.56 Å². The summed E-state index contributed by atoms with van der Waals surface area (Å²) in [7, 11) is 0. The Morgan fingerprint density at radius 3 is 2.33 bits per heavy atom. The van der Waals surface area contributed by atoms with E-state index in [1.807, 2.05) is 42.5 Å². The molecule has 5 heteroatoms. The summed E-state index contributed by atoms with van der Waals surface area (Å²) in [6.45, 7) is 2.27. The Labute approximate surface area is 148 Å². The molecule has 1 fully saturated rings. The van der Waals surface area contributed by atoms with Crippen molar-refractivity contribution in [2.75, 3.05) is 13.1 Å². The quantitative estimate of drug-likeness (QED) is 0.839. The lowest BCUT2D eigenvalue weighted by atomic mass is 10.1. The average Bonchev–Trinajstić information content (AvgIpc) is 2.62. The van der Waals surface area contributed by atoms with Gasteiger partial charge in [-0.1, -0.05) is 30.3 Å². The Bertz CT molecular complexity index is 625. The number of halogens is 1. The summed E-state index contributed by atoms with van der Waals surface area (Å²) >= 11 is 0. The smallest absolute Gasteiger partial charge is 0.338 e. The van der Waals surface area contributed by atoms with Crippen molar-refractivity contribution in [3.8, 4) is 5.75 Å². The molecular weight excluding hydrogens is 326 g/mol. The first-order valence-electron chi connectivity index (χ1n) is 8.00. The predicted octanol–water partition coefficient (Wildman–Crippen LogP) is 3.60. The van der Waals surface area contributed by atoms with Gasteiger partial charge in [-0.3, -0.25) is 0 Å². The second-order valence-corrected chi connectivity index (χ2v) is 5.65. The van der Waals surface area contributed by atoms with E-state index in [0.717, 1.165) is 37.2 Å². The van der Waals surface area contributed by atoms with Crippen molar-refractivity contribution in [1.82, 2.24) is 5.32 Å². The summed E-state index contributed by atoms with van der Waals surface area (Å²) in [6, 6.07) is 16.8. The normalized spacial score (nSPS) is 14.5. The zero-order valence-corrected chi connectivity index (χ0v) is 14.3. The predicted molar refractivity (Wildman–Crippen MR) is 95.8 cm³/mol. The van der Waals surface area contributed by atoms with Crippen LogP contribution in [0.25, 0.3) is 0 Å². The molecule has 0 saturated carbocycles. The van der Waals surface area contributed by atoms with Crippen LogP contribution in [-0.2, 0) is 11.3 Å². The molecule has 24 heavy (non-hydrogen) atoms.